The van der Waals surface area contributed by atoms with Crippen LogP contribution >= 0.6 is 23.5 Å². The highest BCUT2D eigenvalue weighted by molar-refractivity contribution is 7.99. The molecule has 1 fully saturated rings. The van der Waals surface area contributed by atoms with Crippen molar-refractivity contribution in [3.05, 3.63) is 45.6 Å². The zero-order valence-electron chi connectivity index (χ0n) is 24.3. The van der Waals surface area contributed by atoms with Crippen LogP contribution in [0.4, 0.5) is 5.69 Å². The van der Waals surface area contributed by atoms with Crippen molar-refractivity contribution in [2.75, 3.05) is 63.3 Å². The van der Waals surface area contributed by atoms with Crippen molar-refractivity contribution < 1.29 is 23.8 Å². The molecule has 2 aromatic rings. The van der Waals surface area contributed by atoms with Crippen LogP contribution in [0.2, 0.25) is 0 Å². The van der Waals surface area contributed by atoms with Crippen molar-refractivity contribution in [1.82, 2.24) is 10.2 Å². The van der Waals surface area contributed by atoms with E-state index in [1.807, 2.05) is 35.1 Å². The van der Waals surface area contributed by atoms with Crippen molar-refractivity contribution in [3.63, 3.8) is 0 Å². The Kier molecular flexibility index (Phi) is 10.7. The van der Waals surface area contributed by atoms with E-state index >= 15 is 0 Å². The van der Waals surface area contributed by atoms with Gasteiger partial charge in [0.05, 0.1) is 33.1 Å². The van der Waals surface area contributed by atoms with Gasteiger partial charge in [-0.05, 0) is 66.2 Å². The van der Waals surface area contributed by atoms with Crippen molar-refractivity contribution in [1.29, 1.82) is 0 Å². The molecule has 41 heavy (non-hydrogen) atoms. The Morgan fingerprint density at radius 1 is 1.10 bits per heavy atom. The monoisotopic (exact) mass is 601 g/mol. The summed E-state index contributed by atoms with van der Waals surface area (Å²) < 4.78 is 17.1. The third-order valence-electron chi connectivity index (χ3n) is 7.48. The van der Waals surface area contributed by atoms with E-state index in [2.05, 4.69) is 10.6 Å². The molecule has 4 rings (SSSR count). The molecule has 2 atom stereocenters. The van der Waals surface area contributed by atoms with Crippen LogP contribution in [-0.4, -0.2) is 80.7 Å². The minimum atomic E-state index is -0.516. The molecule has 2 aromatic carbocycles. The van der Waals surface area contributed by atoms with E-state index < -0.39 is 12.1 Å². The summed E-state index contributed by atoms with van der Waals surface area (Å²) in [6, 6.07) is 6.21. The average molecular weight is 602 g/mol. The molecule has 11 heteroatoms. The largest absolute Gasteiger partial charge is 0.493 e. The van der Waals surface area contributed by atoms with Crippen LogP contribution in [0.25, 0.3) is 11.1 Å². The Bertz CT molecular complexity index is 1330. The number of anilines is 1. The molecule has 0 bridgehead atoms. The standard InChI is InChI=1S/C30H39N3O6S2/c1-18(34)31-22-8-6-19-16-26(37-2)28(38-3)29(39-4)27(19)20-7-9-23(25(35)17-21(20)22)32-24(10-13-40-5)30(36)33-11-14-41-15-12-33/h7,9,16-17,22,24H,6,8,10-15H2,1-5H3,(H,31,34)(H,32,35)/t22-,24-/m0/s1. The first kappa shape index (κ1) is 30.9. The Morgan fingerprint density at radius 2 is 1.83 bits per heavy atom. The minimum absolute atomic E-state index is 0.0202. The number of benzene rings is 1. The minimum Gasteiger partial charge on any atom is -0.493 e. The van der Waals surface area contributed by atoms with Gasteiger partial charge in [0.25, 0.3) is 0 Å². The number of nitrogens with zero attached hydrogens (tertiary/aromatic N) is 1. The Labute approximate surface area is 250 Å². The molecule has 1 heterocycles. The molecule has 2 N–H and O–H groups in total. The van der Waals surface area contributed by atoms with Gasteiger partial charge in [0.2, 0.25) is 23.0 Å². The summed E-state index contributed by atoms with van der Waals surface area (Å²) in [5.74, 6) is 3.94. The molecule has 1 aliphatic heterocycles. The molecule has 0 radical (unpaired) electrons. The van der Waals surface area contributed by atoms with Crippen molar-refractivity contribution in [2.45, 2.75) is 38.3 Å². The third kappa shape index (κ3) is 6.89. The van der Waals surface area contributed by atoms with Crippen LogP contribution in [0, 0.1) is 0 Å². The van der Waals surface area contributed by atoms with Gasteiger partial charge in [-0.3, -0.25) is 14.4 Å². The summed E-state index contributed by atoms with van der Waals surface area (Å²) in [6.07, 6.45) is 3.80. The lowest BCUT2D eigenvalue weighted by molar-refractivity contribution is -0.131. The Balaban J connectivity index is 1.86. The zero-order valence-corrected chi connectivity index (χ0v) is 26.0. The summed E-state index contributed by atoms with van der Waals surface area (Å²) in [7, 11) is 4.71. The van der Waals surface area contributed by atoms with E-state index in [4.69, 9.17) is 14.2 Å². The quantitative estimate of drug-likeness (QED) is 0.419. The molecule has 0 spiro atoms. The highest BCUT2D eigenvalue weighted by Crippen LogP contribution is 2.50. The van der Waals surface area contributed by atoms with E-state index in [0.29, 0.717) is 60.9 Å². The number of hydrogen-bond acceptors (Lipinski definition) is 9. The summed E-state index contributed by atoms with van der Waals surface area (Å²) >= 11 is 3.52. The van der Waals surface area contributed by atoms with E-state index in [9.17, 15) is 14.4 Å². The van der Waals surface area contributed by atoms with Crippen molar-refractivity contribution in [2.24, 2.45) is 0 Å². The first-order valence-corrected chi connectivity index (χ1v) is 16.3. The van der Waals surface area contributed by atoms with Gasteiger partial charge in [0.15, 0.2) is 11.5 Å². The zero-order chi connectivity index (χ0) is 29.5. The number of carbonyl (C=O) groups excluding carboxylic acids is 2. The molecule has 0 aromatic heterocycles. The number of rotatable bonds is 10. The third-order valence-corrected chi connectivity index (χ3v) is 9.06. The lowest BCUT2D eigenvalue weighted by atomic mass is 9.95. The number of aryl methyl sites for hydroxylation is 1. The second-order valence-corrected chi connectivity index (χ2v) is 12.2. The van der Waals surface area contributed by atoms with E-state index in [1.165, 1.54) is 6.92 Å². The molecule has 9 nitrogen and oxygen atoms in total. The van der Waals surface area contributed by atoms with Crippen LogP contribution < -0.4 is 30.3 Å². The molecule has 0 unspecified atom stereocenters. The van der Waals surface area contributed by atoms with E-state index in [-0.39, 0.29) is 17.2 Å². The summed E-state index contributed by atoms with van der Waals surface area (Å²) in [4.78, 5) is 41.4. The molecule has 2 aliphatic rings. The van der Waals surface area contributed by atoms with Crippen molar-refractivity contribution >= 4 is 41.0 Å². The first-order valence-electron chi connectivity index (χ1n) is 13.7. The predicted molar refractivity (Wildman–Crippen MR) is 167 cm³/mol. The maximum absolute atomic E-state index is 13.7. The van der Waals surface area contributed by atoms with Gasteiger partial charge < -0.3 is 29.7 Å². The van der Waals surface area contributed by atoms with Gasteiger partial charge in [0.1, 0.15) is 6.04 Å². The average Bonchev–Trinajstić information content (AvgIpc) is 3.22. The second kappa shape index (κ2) is 14.2. The van der Waals surface area contributed by atoms with Crippen LogP contribution in [0.5, 0.6) is 17.2 Å². The summed E-state index contributed by atoms with van der Waals surface area (Å²) in [5.41, 5.74) is 3.27. The lowest BCUT2D eigenvalue weighted by Crippen LogP contribution is -2.47. The SMILES string of the molecule is COc1cc2c(c(OC)c1OC)-c1ccc(N[C@@H](CCSC)C(=O)N3CCSCC3)c(=O)cc1[C@@H](NC(C)=O)CC2. The van der Waals surface area contributed by atoms with Gasteiger partial charge >= 0.3 is 0 Å². The topological polar surface area (TPSA) is 106 Å². The first-order chi connectivity index (χ1) is 19.8. The summed E-state index contributed by atoms with van der Waals surface area (Å²) in [5, 5.41) is 6.33. The smallest absolute Gasteiger partial charge is 0.245 e. The number of amides is 2. The fourth-order valence-corrected chi connectivity index (χ4v) is 6.89. The van der Waals surface area contributed by atoms with Gasteiger partial charge in [0, 0.05) is 37.1 Å². The number of thioether (sulfide) groups is 2. The molecular formula is C30H39N3O6S2. The fraction of sp³-hybridized carbons (Fsp3) is 0.500. The number of fused-ring (bicyclic) bond motifs is 3. The molecule has 222 valence electrons. The molecule has 1 saturated heterocycles. The van der Waals surface area contributed by atoms with E-state index in [0.717, 1.165) is 33.9 Å². The number of ether oxygens (including phenoxy) is 3. The number of hydrogen-bond donors (Lipinski definition) is 2. The number of nitrogens with one attached hydrogen (secondary N) is 2. The summed E-state index contributed by atoms with van der Waals surface area (Å²) in [6.45, 7) is 2.89. The Hall–Kier alpha value is -3.05. The van der Waals surface area contributed by atoms with Gasteiger partial charge in [-0.15, -0.1) is 0 Å². The van der Waals surface area contributed by atoms with Crippen LogP contribution in [0.1, 0.15) is 36.9 Å². The second-order valence-electron chi connectivity index (χ2n) is 10.0. The maximum atomic E-state index is 13.7. The van der Waals surface area contributed by atoms with Crippen LogP contribution in [0.3, 0.4) is 0 Å². The maximum Gasteiger partial charge on any atom is 0.245 e. The van der Waals surface area contributed by atoms with Crippen LogP contribution in [0.15, 0.2) is 29.1 Å². The van der Waals surface area contributed by atoms with Gasteiger partial charge in [-0.1, -0.05) is 6.07 Å². The van der Waals surface area contributed by atoms with Crippen molar-refractivity contribution in [3.8, 4) is 28.4 Å². The Morgan fingerprint density at radius 3 is 2.46 bits per heavy atom. The van der Waals surface area contributed by atoms with E-state index in [1.54, 1.807) is 45.2 Å². The number of carbonyl (C=O) groups is 2. The highest BCUT2D eigenvalue weighted by atomic mass is 32.2. The van der Waals surface area contributed by atoms with Gasteiger partial charge in [-0.2, -0.15) is 23.5 Å². The van der Waals surface area contributed by atoms with Gasteiger partial charge in [-0.25, -0.2) is 0 Å². The fourth-order valence-electron chi connectivity index (χ4n) is 5.51. The molecule has 0 saturated carbocycles. The van der Waals surface area contributed by atoms with Crippen LogP contribution in [-0.2, 0) is 16.0 Å². The molecular weight excluding hydrogens is 562 g/mol. The highest BCUT2D eigenvalue weighted by Gasteiger charge is 2.30. The molecule has 2 amide bonds. The normalized spacial score (nSPS) is 16.9. The lowest BCUT2D eigenvalue weighted by Gasteiger charge is -2.30. The predicted octanol–water partition coefficient (Wildman–Crippen LogP) is 3.97. The number of methoxy groups -OCH3 is 3. The molecule has 1 aliphatic carbocycles.